The highest BCUT2D eigenvalue weighted by Crippen LogP contribution is 2.26. The summed E-state index contributed by atoms with van der Waals surface area (Å²) in [5.74, 6) is -1.58. The molecule has 0 radical (unpaired) electrons. The van der Waals surface area contributed by atoms with Crippen LogP contribution in [0.2, 0.25) is 10.0 Å². The predicted molar refractivity (Wildman–Crippen MR) is 152 cm³/mol. The van der Waals surface area contributed by atoms with Crippen molar-refractivity contribution in [1.82, 2.24) is 10.2 Å². The van der Waals surface area contributed by atoms with E-state index in [0.29, 0.717) is 23.6 Å². The second-order valence-electron chi connectivity index (χ2n) is 9.04. The zero-order chi connectivity index (χ0) is 28.7. The lowest BCUT2D eigenvalue weighted by Crippen LogP contribution is -2.51. The van der Waals surface area contributed by atoms with E-state index in [0.717, 1.165) is 22.0 Å². The maximum atomic E-state index is 13.8. The molecule has 0 saturated carbocycles. The van der Waals surface area contributed by atoms with Gasteiger partial charge in [0.05, 0.1) is 20.6 Å². The first-order valence-corrected chi connectivity index (χ1v) is 14.5. The molecule has 208 valence electrons. The third kappa shape index (κ3) is 7.71. The Balaban J connectivity index is 2.02. The molecule has 0 saturated heterocycles. The van der Waals surface area contributed by atoms with Crippen molar-refractivity contribution in [3.63, 3.8) is 0 Å². The summed E-state index contributed by atoms with van der Waals surface area (Å²) in [7, 11) is -4.23. The Bertz CT molecular complexity index is 1420. The summed E-state index contributed by atoms with van der Waals surface area (Å²) in [6.45, 7) is 5.05. The number of amides is 2. The average molecular weight is 595 g/mol. The molecule has 1 atom stereocenters. The number of aryl methyl sites for hydroxylation is 1. The molecule has 0 heterocycles. The molecular weight excluding hydrogens is 564 g/mol. The third-order valence-corrected chi connectivity index (χ3v) is 8.58. The Labute approximate surface area is 238 Å². The summed E-state index contributed by atoms with van der Waals surface area (Å²) < 4.78 is 42.1. The van der Waals surface area contributed by atoms with Gasteiger partial charge in [0.15, 0.2) is 0 Å². The summed E-state index contributed by atoms with van der Waals surface area (Å²) >= 11 is 12.2. The van der Waals surface area contributed by atoms with Crippen molar-refractivity contribution in [3.05, 3.63) is 93.7 Å². The number of anilines is 1. The molecule has 0 unspecified atom stereocenters. The van der Waals surface area contributed by atoms with Crippen molar-refractivity contribution in [1.29, 1.82) is 0 Å². The van der Waals surface area contributed by atoms with Crippen LogP contribution in [0.4, 0.5) is 10.1 Å². The molecule has 7 nitrogen and oxygen atoms in total. The number of benzene rings is 3. The van der Waals surface area contributed by atoms with Gasteiger partial charge in [0, 0.05) is 13.1 Å². The van der Waals surface area contributed by atoms with Crippen molar-refractivity contribution in [2.24, 2.45) is 0 Å². The topological polar surface area (TPSA) is 86.8 Å². The zero-order valence-corrected chi connectivity index (χ0v) is 24.2. The van der Waals surface area contributed by atoms with Crippen molar-refractivity contribution in [2.75, 3.05) is 17.4 Å². The lowest BCUT2D eigenvalue weighted by Gasteiger charge is -2.32. The van der Waals surface area contributed by atoms with Crippen LogP contribution < -0.4 is 9.62 Å². The van der Waals surface area contributed by atoms with Crippen molar-refractivity contribution in [2.45, 2.75) is 44.7 Å². The van der Waals surface area contributed by atoms with Crippen LogP contribution >= 0.6 is 23.2 Å². The van der Waals surface area contributed by atoms with Crippen LogP contribution in [-0.2, 0) is 26.2 Å². The molecular formula is C28H30Cl2FN3O4S. The fourth-order valence-corrected chi connectivity index (χ4v) is 5.52. The maximum Gasteiger partial charge on any atom is 0.264 e. The standard InChI is InChI=1S/C28H30Cl2FN3O4S/c1-4-15-32-28(36)20(3)33(17-21-7-14-25(29)26(30)16-21)27(35)18-34(23-10-8-22(31)9-11-23)39(37,38)24-12-5-19(2)6-13-24/h5-14,16,20H,4,15,17-18H2,1-3H3,(H,32,36)/t20-/m1/s1. The fourth-order valence-electron chi connectivity index (χ4n) is 3.79. The van der Waals surface area contributed by atoms with Crippen LogP contribution in [0.3, 0.4) is 0 Å². The van der Waals surface area contributed by atoms with Crippen LogP contribution in [0, 0.1) is 12.7 Å². The van der Waals surface area contributed by atoms with Gasteiger partial charge in [-0.1, -0.05) is 53.9 Å². The number of carbonyl (C=O) groups is 2. The predicted octanol–water partition coefficient (Wildman–Crippen LogP) is 5.58. The van der Waals surface area contributed by atoms with Crippen LogP contribution in [0.15, 0.2) is 71.6 Å². The molecule has 3 rings (SSSR count). The molecule has 0 bridgehead atoms. The van der Waals surface area contributed by atoms with E-state index in [1.54, 1.807) is 37.3 Å². The first-order chi connectivity index (χ1) is 18.4. The zero-order valence-electron chi connectivity index (χ0n) is 21.8. The highest BCUT2D eigenvalue weighted by atomic mass is 35.5. The van der Waals surface area contributed by atoms with Gasteiger partial charge in [-0.25, -0.2) is 12.8 Å². The molecule has 39 heavy (non-hydrogen) atoms. The van der Waals surface area contributed by atoms with Crippen LogP contribution in [0.5, 0.6) is 0 Å². The van der Waals surface area contributed by atoms with E-state index < -0.39 is 34.3 Å². The Hall–Kier alpha value is -3.14. The third-order valence-electron chi connectivity index (χ3n) is 6.06. The minimum Gasteiger partial charge on any atom is -0.354 e. The Morgan fingerprint density at radius 1 is 0.974 bits per heavy atom. The van der Waals surface area contributed by atoms with E-state index in [1.807, 2.05) is 13.8 Å². The first kappa shape index (κ1) is 30.4. The minimum absolute atomic E-state index is 0.0295. The minimum atomic E-state index is -4.23. The van der Waals surface area contributed by atoms with Gasteiger partial charge >= 0.3 is 0 Å². The number of carbonyl (C=O) groups excluding carboxylic acids is 2. The van der Waals surface area contributed by atoms with Crippen molar-refractivity contribution < 1.29 is 22.4 Å². The van der Waals surface area contributed by atoms with Crippen LogP contribution in [0.1, 0.15) is 31.4 Å². The molecule has 0 aromatic heterocycles. The lowest BCUT2D eigenvalue weighted by atomic mass is 10.1. The van der Waals surface area contributed by atoms with E-state index >= 15 is 0 Å². The van der Waals surface area contributed by atoms with E-state index in [9.17, 15) is 22.4 Å². The number of hydrogen-bond donors (Lipinski definition) is 1. The normalized spacial score (nSPS) is 12.1. The van der Waals surface area contributed by atoms with Crippen LogP contribution in [-0.4, -0.2) is 44.3 Å². The van der Waals surface area contributed by atoms with Gasteiger partial charge in [0.1, 0.15) is 18.4 Å². The Morgan fingerprint density at radius 3 is 2.21 bits per heavy atom. The first-order valence-electron chi connectivity index (χ1n) is 12.3. The molecule has 0 aliphatic rings. The molecule has 1 N–H and O–H groups in total. The monoisotopic (exact) mass is 593 g/mol. The molecule has 11 heteroatoms. The largest absolute Gasteiger partial charge is 0.354 e. The fraction of sp³-hybridized carbons (Fsp3) is 0.286. The van der Waals surface area contributed by atoms with Crippen molar-refractivity contribution >= 4 is 50.7 Å². The second kappa shape index (κ2) is 13.3. The summed E-state index contributed by atoms with van der Waals surface area (Å²) in [5.41, 5.74) is 1.56. The Morgan fingerprint density at radius 2 is 1.62 bits per heavy atom. The summed E-state index contributed by atoms with van der Waals surface area (Å²) in [5, 5.41) is 3.38. The number of halogens is 3. The van der Waals surface area contributed by atoms with Gasteiger partial charge in [-0.05, 0) is 74.4 Å². The summed E-state index contributed by atoms with van der Waals surface area (Å²) in [4.78, 5) is 27.9. The van der Waals surface area contributed by atoms with Gasteiger partial charge in [-0.2, -0.15) is 0 Å². The Kier molecular flexibility index (Phi) is 10.4. The molecule has 0 fully saturated rings. The summed E-state index contributed by atoms with van der Waals surface area (Å²) in [6.07, 6.45) is 0.701. The maximum absolute atomic E-state index is 13.8. The lowest BCUT2D eigenvalue weighted by molar-refractivity contribution is -0.139. The number of nitrogens with zero attached hydrogens (tertiary/aromatic N) is 2. The molecule has 0 aliphatic heterocycles. The highest BCUT2D eigenvalue weighted by Gasteiger charge is 2.32. The van der Waals surface area contributed by atoms with E-state index in [1.165, 1.54) is 29.2 Å². The number of sulfonamides is 1. The molecule has 3 aromatic rings. The highest BCUT2D eigenvalue weighted by molar-refractivity contribution is 7.92. The smallest absolute Gasteiger partial charge is 0.264 e. The quantitative estimate of drug-likeness (QED) is 0.314. The van der Waals surface area contributed by atoms with E-state index in [2.05, 4.69) is 5.32 Å². The van der Waals surface area contributed by atoms with Gasteiger partial charge in [-0.15, -0.1) is 0 Å². The molecule has 0 aliphatic carbocycles. The molecule has 0 spiro atoms. The number of rotatable bonds is 11. The van der Waals surface area contributed by atoms with Crippen LogP contribution in [0.25, 0.3) is 0 Å². The SMILES string of the molecule is CCCNC(=O)[C@@H](C)N(Cc1ccc(Cl)c(Cl)c1)C(=O)CN(c1ccc(F)cc1)S(=O)(=O)c1ccc(C)cc1. The molecule has 2 amide bonds. The van der Waals surface area contributed by atoms with Gasteiger partial charge in [0.25, 0.3) is 10.0 Å². The summed E-state index contributed by atoms with van der Waals surface area (Å²) in [6, 6.07) is 14.9. The van der Waals surface area contributed by atoms with Crippen molar-refractivity contribution in [3.8, 4) is 0 Å². The average Bonchev–Trinajstić information content (AvgIpc) is 2.91. The van der Waals surface area contributed by atoms with Gasteiger partial charge in [-0.3, -0.25) is 13.9 Å². The van der Waals surface area contributed by atoms with Gasteiger partial charge in [0.2, 0.25) is 11.8 Å². The molecule has 3 aromatic carbocycles. The van der Waals surface area contributed by atoms with Gasteiger partial charge < -0.3 is 10.2 Å². The number of nitrogens with one attached hydrogen (secondary N) is 1. The van der Waals surface area contributed by atoms with E-state index in [4.69, 9.17) is 23.2 Å². The number of hydrogen-bond acceptors (Lipinski definition) is 4. The second-order valence-corrected chi connectivity index (χ2v) is 11.7. The van der Waals surface area contributed by atoms with E-state index in [-0.39, 0.29) is 28.1 Å².